The first-order valence-corrected chi connectivity index (χ1v) is 7.37. The first kappa shape index (κ1) is 14.4. The van der Waals surface area contributed by atoms with Crippen molar-refractivity contribution < 1.29 is 14.3 Å². The largest absolute Gasteiger partial charge is 0.497 e. The molecule has 4 heteroatoms. The Kier molecular flexibility index (Phi) is 4.00. The van der Waals surface area contributed by atoms with E-state index in [4.69, 9.17) is 9.47 Å². The summed E-state index contributed by atoms with van der Waals surface area (Å²) in [5.74, 6) is 1.53. The summed E-state index contributed by atoms with van der Waals surface area (Å²) in [6.07, 6.45) is 0. The molecule has 0 N–H and O–H groups in total. The van der Waals surface area contributed by atoms with Gasteiger partial charge in [-0.2, -0.15) is 0 Å². The number of hydrogen-bond acceptors (Lipinski definition) is 3. The molecule has 4 nitrogen and oxygen atoms in total. The lowest BCUT2D eigenvalue weighted by molar-refractivity contribution is 0.0681. The van der Waals surface area contributed by atoms with Crippen molar-refractivity contribution in [2.75, 3.05) is 20.3 Å². The molecule has 22 heavy (non-hydrogen) atoms. The fourth-order valence-electron chi connectivity index (χ4n) is 2.77. The van der Waals surface area contributed by atoms with Crippen LogP contribution in [0.25, 0.3) is 0 Å². The van der Waals surface area contributed by atoms with Crippen LogP contribution in [0.15, 0.2) is 48.5 Å². The average Bonchev–Trinajstić information content (AvgIpc) is 2.74. The van der Waals surface area contributed by atoms with Gasteiger partial charge in [0.15, 0.2) is 0 Å². The molecule has 1 heterocycles. The number of methoxy groups -OCH3 is 1. The smallest absolute Gasteiger partial charge is 0.254 e. The fraction of sp³-hybridized carbons (Fsp3) is 0.278. The Hall–Kier alpha value is -2.49. The van der Waals surface area contributed by atoms with Gasteiger partial charge in [-0.1, -0.05) is 24.3 Å². The molecule has 1 amide bonds. The zero-order valence-electron chi connectivity index (χ0n) is 12.8. The number of carbonyl (C=O) groups excluding carboxylic acids is 1. The number of carbonyl (C=O) groups is 1. The fourth-order valence-corrected chi connectivity index (χ4v) is 2.77. The van der Waals surface area contributed by atoms with Crippen LogP contribution in [0.1, 0.15) is 28.9 Å². The van der Waals surface area contributed by atoms with E-state index in [9.17, 15) is 4.79 Å². The van der Waals surface area contributed by atoms with Gasteiger partial charge in [-0.25, -0.2) is 0 Å². The van der Waals surface area contributed by atoms with Gasteiger partial charge in [-0.15, -0.1) is 0 Å². The van der Waals surface area contributed by atoms with Gasteiger partial charge in [0, 0.05) is 11.1 Å². The highest BCUT2D eigenvalue weighted by Crippen LogP contribution is 2.32. The summed E-state index contributed by atoms with van der Waals surface area (Å²) in [6.45, 7) is 3.09. The minimum atomic E-state index is -0.0302. The van der Waals surface area contributed by atoms with Crippen LogP contribution in [-0.2, 0) is 0 Å². The van der Waals surface area contributed by atoms with E-state index in [1.807, 2.05) is 54.3 Å². The SMILES string of the molecule is COc1cccc(C(=O)N2CCOc3ccccc3C2C)c1. The van der Waals surface area contributed by atoms with Crippen LogP contribution in [0.3, 0.4) is 0 Å². The highest BCUT2D eigenvalue weighted by atomic mass is 16.5. The second-order valence-electron chi connectivity index (χ2n) is 5.29. The number of ether oxygens (including phenoxy) is 2. The lowest BCUT2D eigenvalue weighted by Gasteiger charge is -2.27. The predicted octanol–water partition coefficient (Wildman–Crippen LogP) is 3.29. The normalized spacial score (nSPS) is 17.2. The highest BCUT2D eigenvalue weighted by molar-refractivity contribution is 5.95. The summed E-state index contributed by atoms with van der Waals surface area (Å²) >= 11 is 0. The van der Waals surface area contributed by atoms with Crippen molar-refractivity contribution in [1.82, 2.24) is 4.90 Å². The Bertz CT molecular complexity index is 684. The third kappa shape index (κ3) is 2.64. The minimum absolute atomic E-state index is 0.00768. The van der Waals surface area contributed by atoms with Crippen LogP contribution < -0.4 is 9.47 Å². The van der Waals surface area contributed by atoms with Crippen LogP contribution in [-0.4, -0.2) is 31.1 Å². The lowest BCUT2D eigenvalue weighted by atomic mass is 10.0. The third-order valence-corrected chi connectivity index (χ3v) is 4.00. The number of fused-ring (bicyclic) bond motifs is 1. The van der Waals surface area contributed by atoms with E-state index in [0.29, 0.717) is 24.5 Å². The van der Waals surface area contributed by atoms with E-state index < -0.39 is 0 Å². The van der Waals surface area contributed by atoms with E-state index in [0.717, 1.165) is 11.3 Å². The summed E-state index contributed by atoms with van der Waals surface area (Å²) in [4.78, 5) is 14.7. The molecule has 0 saturated heterocycles. The van der Waals surface area contributed by atoms with Crippen LogP contribution in [0.2, 0.25) is 0 Å². The summed E-state index contributed by atoms with van der Waals surface area (Å²) in [5.41, 5.74) is 1.67. The maximum atomic E-state index is 12.9. The second kappa shape index (κ2) is 6.10. The average molecular weight is 297 g/mol. The van der Waals surface area contributed by atoms with Crippen molar-refractivity contribution in [2.45, 2.75) is 13.0 Å². The first-order chi connectivity index (χ1) is 10.7. The molecular formula is C18H19NO3. The van der Waals surface area contributed by atoms with Gasteiger partial charge < -0.3 is 14.4 Å². The van der Waals surface area contributed by atoms with Crippen molar-refractivity contribution in [3.05, 3.63) is 59.7 Å². The highest BCUT2D eigenvalue weighted by Gasteiger charge is 2.27. The number of hydrogen-bond donors (Lipinski definition) is 0. The summed E-state index contributed by atoms with van der Waals surface area (Å²) in [7, 11) is 1.60. The molecule has 0 fully saturated rings. The van der Waals surface area contributed by atoms with Crippen molar-refractivity contribution in [2.24, 2.45) is 0 Å². The van der Waals surface area contributed by atoms with Gasteiger partial charge in [-0.05, 0) is 31.2 Å². The van der Waals surface area contributed by atoms with Crippen LogP contribution in [0.5, 0.6) is 11.5 Å². The molecule has 3 rings (SSSR count). The summed E-state index contributed by atoms with van der Waals surface area (Å²) in [6, 6.07) is 15.1. The maximum Gasteiger partial charge on any atom is 0.254 e. The Morgan fingerprint density at radius 3 is 2.86 bits per heavy atom. The number of amides is 1. The molecule has 0 radical (unpaired) electrons. The molecule has 0 aromatic heterocycles. The first-order valence-electron chi connectivity index (χ1n) is 7.37. The van der Waals surface area contributed by atoms with E-state index >= 15 is 0 Å². The molecule has 0 aliphatic carbocycles. The number of nitrogens with zero attached hydrogens (tertiary/aromatic N) is 1. The summed E-state index contributed by atoms with van der Waals surface area (Å²) < 4.78 is 11.0. The second-order valence-corrected chi connectivity index (χ2v) is 5.29. The van der Waals surface area contributed by atoms with Gasteiger partial charge in [-0.3, -0.25) is 4.79 Å². The number of rotatable bonds is 2. The van der Waals surface area contributed by atoms with E-state index in [1.54, 1.807) is 13.2 Å². The van der Waals surface area contributed by atoms with Crippen LogP contribution >= 0.6 is 0 Å². The van der Waals surface area contributed by atoms with Gasteiger partial charge in [0.1, 0.15) is 18.1 Å². The van der Waals surface area contributed by atoms with Gasteiger partial charge in [0.2, 0.25) is 0 Å². The van der Waals surface area contributed by atoms with Crippen molar-refractivity contribution >= 4 is 5.91 Å². The number of para-hydroxylation sites is 1. The monoisotopic (exact) mass is 297 g/mol. The van der Waals surface area contributed by atoms with Crippen molar-refractivity contribution in [3.8, 4) is 11.5 Å². The topological polar surface area (TPSA) is 38.8 Å². The Morgan fingerprint density at radius 1 is 1.23 bits per heavy atom. The van der Waals surface area contributed by atoms with Crippen LogP contribution in [0, 0.1) is 0 Å². The summed E-state index contributed by atoms with van der Waals surface area (Å²) in [5, 5.41) is 0. The van der Waals surface area contributed by atoms with Crippen molar-refractivity contribution in [3.63, 3.8) is 0 Å². The zero-order valence-corrected chi connectivity index (χ0v) is 12.8. The molecule has 0 saturated carbocycles. The van der Waals surface area contributed by atoms with Gasteiger partial charge in [0.25, 0.3) is 5.91 Å². The molecule has 114 valence electrons. The molecule has 0 spiro atoms. The molecule has 1 unspecified atom stereocenters. The quantitative estimate of drug-likeness (QED) is 0.854. The van der Waals surface area contributed by atoms with E-state index in [-0.39, 0.29) is 11.9 Å². The Morgan fingerprint density at radius 2 is 2.05 bits per heavy atom. The standard InChI is InChI=1S/C18H19NO3/c1-13-16-8-3-4-9-17(16)22-11-10-19(13)18(20)14-6-5-7-15(12-14)21-2/h3-9,12-13H,10-11H2,1-2H3. The lowest BCUT2D eigenvalue weighted by Crippen LogP contribution is -2.35. The number of benzene rings is 2. The minimum Gasteiger partial charge on any atom is -0.497 e. The molecule has 1 aliphatic heterocycles. The molecule has 1 aliphatic rings. The molecule has 0 bridgehead atoms. The Labute approximate surface area is 130 Å². The van der Waals surface area contributed by atoms with Gasteiger partial charge >= 0.3 is 0 Å². The molecule has 2 aromatic carbocycles. The van der Waals surface area contributed by atoms with Gasteiger partial charge in [0.05, 0.1) is 19.7 Å². The predicted molar refractivity (Wildman–Crippen MR) is 84.4 cm³/mol. The van der Waals surface area contributed by atoms with Crippen LogP contribution in [0.4, 0.5) is 0 Å². The Balaban J connectivity index is 1.92. The van der Waals surface area contributed by atoms with E-state index in [1.165, 1.54) is 0 Å². The van der Waals surface area contributed by atoms with Crippen molar-refractivity contribution in [1.29, 1.82) is 0 Å². The maximum absolute atomic E-state index is 12.9. The molecular weight excluding hydrogens is 278 g/mol. The van der Waals surface area contributed by atoms with E-state index in [2.05, 4.69) is 0 Å². The third-order valence-electron chi connectivity index (χ3n) is 4.00. The molecule has 1 atom stereocenters. The molecule has 2 aromatic rings. The zero-order chi connectivity index (χ0) is 15.5.